The minimum atomic E-state index is -0.868. The van der Waals surface area contributed by atoms with Gasteiger partial charge in [-0.25, -0.2) is 0 Å². The fraction of sp³-hybridized carbons (Fsp3) is 0.308. The van der Waals surface area contributed by atoms with Crippen LogP contribution in [0, 0.1) is 11.3 Å². The number of primary amides is 1. The highest BCUT2D eigenvalue weighted by Crippen LogP contribution is 2.26. The molecule has 0 aliphatic carbocycles. The Hall–Kier alpha value is -2.06. The number of nitrogens with zero attached hydrogens (tertiary/aromatic N) is 2. The minimum absolute atomic E-state index is 0.374. The summed E-state index contributed by atoms with van der Waals surface area (Å²) in [4.78, 5) is 10.9. The fourth-order valence-corrected chi connectivity index (χ4v) is 1.79. The van der Waals surface area contributed by atoms with Gasteiger partial charge in [0.25, 0.3) is 5.91 Å². The molecule has 0 unspecified atom stereocenters. The lowest BCUT2D eigenvalue weighted by Gasteiger charge is -2.10. The molecule has 1 amide bonds. The Morgan fingerprint density at radius 3 is 2.89 bits per heavy atom. The maximum absolute atomic E-state index is 10.9. The summed E-state index contributed by atoms with van der Waals surface area (Å²) in [5, 5.41) is 13.0. The average Bonchev–Trinajstić information content (AvgIpc) is 2.38. The van der Waals surface area contributed by atoms with E-state index in [-0.39, 0.29) is 5.71 Å². The quantitative estimate of drug-likeness (QED) is 0.618. The van der Waals surface area contributed by atoms with Crippen molar-refractivity contribution < 1.29 is 4.79 Å². The van der Waals surface area contributed by atoms with Crippen molar-refractivity contribution in [1.29, 1.82) is 5.26 Å². The Kier molecular flexibility index (Phi) is 5.83. The van der Waals surface area contributed by atoms with Gasteiger partial charge in [-0.3, -0.25) is 10.2 Å². The summed E-state index contributed by atoms with van der Waals surface area (Å²) in [6.45, 7) is 2.09. The zero-order valence-electron chi connectivity index (χ0n) is 10.6. The number of anilines is 1. The Balaban J connectivity index is 2.98. The van der Waals surface area contributed by atoms with Crippen molar-refractivity contribution >= 4 is 28.9 Å². The second-order valence-corrected chi connectivity index (χ2v) is 4.32. The second-order valence-electron chi connectivity index (χ2n) is 3.92. The number of carbonyl (C=O) groups excluding carboxylic acids is 1. The smallest absolute Gasteiger partial charge is 0.280 e. The number of hydrogen-bond acceptors (Lipinski definition) is 4. The van der Waals surface area contributed by atoms with Crippen LogP contribution < -0.4 is 11.2 Å². The average molecular weight is 279 g/mol. The van der Waals surface area contributed by atoms with E-state index in [9.17, 15) is 4.79 Å². The number of nitriles is 1. The monoisotopic (exact) mass is 278 g/mol. The number of hydrogen-bond donors (Lipinski definition) is 2. The van der Waals surface area contributed by atoms with Gasteiger partial charge in [0, 0.05) is 5.02 Å². The van der Waals surface area contributed by atoms with E-state index < -0.39 is 5.91 Å². The first-order valence-electron chi connectivity index (χ1n) is 5.91. The van der Waals surface area contributed by atoms with Crippen LogP contribution in [0.15, 0.2) is 23.3 Å². The second kappa shape index (κ2) is 7.39. The molecule has 0 radical (unpaired) electrons. The molecule has 0 aromatic heterocycles. The summed E-state index contributed by atoms with van der Waals surface area (Å²) in [5.41, 5.74) is 8.89. The molecule has 0 atom stereocenters. The first-order valence-corrected chi connectivity index (χ1v) is 6.29. The Morgan fingerprint density at radius 2 is 2.32 bits per heavy atom. The third-order valence-electron chi connectivity index (χ3n) is 2.53. The molecule has 0 heterocycles. The number of carbonyl (C=O) groups is 1. The highest BCUT2D eigenvalue weighted by Gasteiger charge is 2.08. The maximum atomic E-state index is 10.9. The summed E-state index contributed by atoms with van der Waals surface area (Å²) in [6, 6.07) is 6.98. The van der Waals surface area contributed by atoms with Crippen molar-refractivity contribution in [3.8, 4) is 6.07 Å². The molecule has 0 aliphatic rings. The van der Waals surface area contributed by atoms with E-state index in [0.29, 0.717) is 10.7 Å². The van der Waals surface area contributed by atoms with Crippen molar-refractivity contribution in [1.82, 2.24) is 0 Å². The molecule has 0 spiro atoms. The highest BCUT2D eigenvalue weighted by atomic mass is 35.5. The number of amides is 1. The number of hydrazone groups is 1. The van der Waals surface area contributed by atoms with Crippen LogP contribution in [0.2, 0.25) is 5.02 Å². The number of rotatable bonds is 6. The third kappa shape index (κ3) is 4.27. The van der Waals surface area contributed by atoms with Crippen LogP contribution in [-0.2, 0) is 11.2 Å². The number of nitrogens with two attached hydrogens (primary N) is 1. The van der Waals surface area contributed by atoms with E-state index in [4.69, 9.17) is 22.6 Å². The van der Waals surface area contributed by atoms with E-state index >= 15 is 0 Å². The molecule has 100 valence electrons. The Bertz CT molecular complexity index is 534. The summed E-state index contributed by atoms with van der Waals surface area (Å²) in [5.74, 6) is -0.868. The lowest BCUT2D eigenvalue weighted by atomic mass is 10.1. The molecule has 1 aromatic carbocycles. The van der Waals surface area contributed by atoms with E-state index in [1.54, 1.807) is 24.3 Å². The standard InChI is InChI=1S/C13H15ClN4O/c1-2-3-5-9-10(14)6-4-7-11(9)17-18-12(8-15)13(16)19/h4,6-7,17H,2-3,5H2,1H3,(H2,16,19)/b18-12+. The first-order chi connectivity index (χ1) is 9.10. The highest BCUT2D eigenvalue weighted by molar-refractivity contribution is 6.44. The maximum Gasteiger partial charge on any atom is 0.280 e. The van der Waals surface area contributed by atoms with Crippen LogP contribution in [0.4, 0.5) is 5.69 Å². The Labute approximate surface area is 117 Å². The van der Waals surface area contributed by atoms with Crippen LogP contribution in [0.1, 0.15) is 25.3 Å². The largest absolute Gasteiger partial charge is 0.364 e. The molecule has 0 bridgehead atoms. The first kappa shape index (κ1) is 15.0. The summed E-state index contributed by atoms with van der Waals surface area (Å²) in [7, 11) is 0. The normalized spacial score (nSPS) is 10.9. The molecular weight excluding hydrogens is 264 g/mol. The van der Waals surface area contributed by atoms with Crippen molar-refractivity contribution in [2.24, 2.45) is 10.8 Å². The van der Waals surface area contributed by atoms with Crippen LogP contribution in [-0.4, -0.2) is 11.6 Å². The zero-order valence-corrected chi connectivity index (χ0v) is 11.4. The minimum Gasteiger partial charge on any atom is -0.364 e. The molecule has 0 fully saturated rings. The molecular formula is C13H15ClN4O. The van der Waals surface area contributed by atoms with Crippen LogP contribution >= 0.6 is 11.6 Å². The molecule has 6 heteroatoms. The van der Waals surface area contributed by atoms with Crippen LogP contribution in [0.5, 0.6) is 0 Å². The molecule has 1 aromatic rings. The van der Waals surface area contributed by atoms with Gasteiger partial charge in [-0.2, -0.15) is 10.4 Å². The molecule has 0 aliphatic heterocycles. The van der Waals surface area contributed by atoms with E-state index in [2.05, 4.69) is 17.5 Å². The topological polar surface area (TPSA) is 91.3 Å². The van der Waals surface area contributed by atoms with Gasteiger partial charge in [-0.05, 0) is 30.5 Å². The van der Waals surface area contributed by atoms with Crippen molar-refractivity contribution in [2.45, 2.75) is 26.2 Å². The summed E-state index contributed by atoms with van der Waals surface area (Å²) >= 11 is 6.13. The third-order valence-corrected chi connectivity index (χ3v) is 2.88. The van der Waals surface area contributed by atoms with Gasteiger partial charge < -0.3 is 5.73 Å². The molecule has 5 nitrogen and oxygen atoms in total. The number of unbranched alkanes of at least 4 members (excludes halogenated alkanes) is 1. The van der Waals surface area contributed by atoms with Crippen LogP contribution in [0.3, 0.4) is 0 Å². The van der Waals surface area contributed by atoms with Gasteiger partial charge in [0.1, 0.15) is 6.07 Å². The van der Waals surface area contributed by atoms with E-state index in [1.165, 1.54) is 0 Å². The van der Waals surface area contributed by atoms with Crippen molar-refractivity contribution in [2.75, 3.05) is 5.43 Å². The molecule has 0 saturated carbocycles. The molecule has 19 heavy (non-hydrogen) atoms. The molecule has 3 N–H and O–H groups in total. The lowest BCUT2D eigenvalue weighted by Crippen LogP contribution is -2.22. The predicted molar refractivity (Wildman–Crippen MR) is 75.9 cm³/mol. The van der Waals surface area contributed by atoms with Gasteiger partial charge in [0.2, 0.25) is 5.71 Å². The predicted octanol–water partition coefficient (Wildman–Crippen LogP) is 2.46. The summed E-state index contributed by atoms with van der Waals surface area (Å²) < 4.78 is 0. The van der Waals surface area contributed by atoms with Gasteiger partial charge in [0.05, 0.1) is 5.69 Å². The van der Waals surface area contributed by atoms with Gasteiger partial charge in [-0.15, -0.1) is 0 Å². The molecule has 0 saturated heterocycles. The van der Waals surface area contributed by atoms with Gasteiger partial charge >= 0.3 is 0 Å². The number of nitrogens with one attached hydrogen (secondary N) is 1. The Morgan fingerprint density at radius 1 is 1.58 bits per heavy atom. The van der Waals surface area contributed by atoms with Crippen molar-refractivity contribution in [3.05, 3.63) is 28.8 Å². The lowest BCUT2D eigenvalue weighted by molar-refractivity contribution is -0.111. The van der Waals surface area contributed by atoms with Crippen LogP contribution in [0.25, 0.3) is 0 Å². The van der Waals surface area contributed by atoms with E-state index in [0.717, 1.165) is 24.8 Å². The molecule has 1 rings (SSSR count). The number of benzene rings is 1. The zero-order chi connectivity index (χ0) is 14.3. The SMILES string of the molecule is CCCCc1c(Cl)cccc1N/N=C(\C#N)C(N)=O. The summed E-state index contributed by atoms with van der Waals surface area (Å²) in [6.07, 6.45) is 2.83. The van der Waals surface area contributed by atoms with Gasteiger partial charge in [0.15, 0.2) is 0 Å². The van der Waals surface area contributed by atoms with Crippen molar-refractivity contribution in [3.63, 3.8) is 0 Å². The van der Waals surface area contributed by atoms with E-state index in [1.807, 2.05) is 0 Å². The van der Waals surface area contributed by atoms with Gasteiger partial charge in [-0.1, -0.05) is 31.0 Å². The number of halogens is 1. The fourth-order valence-electron chi connectivity index (χ4n) is 1.52.